The van der Waals surface area contributed by atoms with Gasteiger partial charge in [0, 0.05) is 18.5 Å². The fraction of sp³-hybridized carbons (Fsp3) is 0.182. The van der Waals surface area contributed by atoms with E-state index in [1.165, 1.54) is 29.5 Å². The number of hydrogen-bond donors (Lipinski definition) is 0. The lowest BCUT2D eigenvalue weighted by Gasteiger charge is -2.17. The van der Waals surface area contributed by atoms with E-state index in [2.05, 4.69) is 10.3 Å². The second-order valence-corrected chi connectivity index (χ2v) is 8.92. The zero-order valence-corrected chi connectivity index (χ0v) is 19.3. The molecule has 8 nitrogen and oxygen atoms in total. The molecule has 0 aliphatic rings. The highest BCUT2D eigenvalue weighted by atomic mass is 32.1. The molecule has 1 aromatic carbocycles. The van der Waals surface area contributed by atoms with Gasteiger partial charge < -0.3 is 14.6 Å². The SMILES string of the molecule is C#CCC(Oc1ccsc1-c1nsc2ccc(-n3c(=O)cc(C(F)(F)F)n(C)c3=O)cc12)C(=O)[O-]. The van der Waals surface area contributed by atoms with Crippen molar-refractivity contribution >= 4 is 38.9 Å². The van der Waals surface area contributed by atoms with Gasteiger partial charge in [-0.05, 0) is 41.2 Å². The lowest BCUT2D eigenvalue weighted by Crippen LogP contribution is -2.40. The highest BCUT2D eigenvalue weighted by Crippen LogP contribution is 2.41. The number of carbonyl (C=O) groups is 1. The molecule has 0 saturated heterocycles. The number of halogens is 3. The molecule has 1 atom stereocenters. The van der Waals surface area contributed by atoms with Gasteiger partial charge in [0.1, 0.15) is 23.2 Å². The minimum Gasteiger partial charge on any atom is -0.546 e. The van der Waals surface area contributed by atoms with Crippen LogP contribution in [0.15, 0.2) is 45.3 Å². The Balaban J connectivity index is 1.84. The van der Waals surface area contributed by atoms with Gasteiger partial charge in [0.15, 0.2) is 0 Å². The van der Waals surface area contributed by atoms with Gasteiger partial charge in [-0.15, -0.1) is 23.7 Å². The third kappa shape index (κ3) is 4.45. The molecule has 4 aromatic rings. The summed E-state index contributed by atoms with van der Waals surface area (Å²) in [7, 11) is 0.927. The van der Waals surface area contributed by atoms with Crippen LogP contribution in [0.2, 0.25) is 0 Å². The Morgan fingerprint density at radius 3 is 2.69 bits per heavy atom. The van der Waals surface area contributed by atoms with Crippen LogP contribution in [-0.4, -0.2) is 25.6 Å². The highest BCUT2D eigenvalue weighted by Gasteiger charge is 2.35. The highest BCUT2D eigenvalue weighted by molar-refractivity contribution is 7.16. The van der Waals surface area contributed by atoms with Crippen LogP contribution in [0.4, 0.5) is 13.2 Å². The molecule has 35 heavy (non-hydrogen) atoms. The molecule has 0 N–H and O–H groups in total. The second-order valence-electron chi connectivity index (χ2n) is 7.20. The third-order valence-corrected chi connectivity index (χ3v) is 6.73. The number of carbonyl (C=O) groups excluding carboxylic acids is 1. The Morgan fingerprint density at radius 2 is 2.03 bits per heavy atom. The summed E-state index contributed by atoms with van der Waals surface area (Å²) in [4.78, 5) is 36.9. The molecule has 13 heteroatoms. The minimum atomic E-state index is -4.88. The van der Waals surface area contributed by atoms with Gasteiger partial charge in [0.2, 0.25) is 0 Å². The van der Waals surface area contributed by atoms with Gasteiger partial charge in [0.25, 0.3) is 5.56 Å². The third-order valence-electron chi connectivity index (χ3n) is 5.00. The van der Waals surface area contributed by atoms with Crippen LogP contribution in [-0.2, 0) is 18.0 Å². The van der Waals surface area contributed by atoms with E-state index in [4.69, 9.17) is 11.2 Å². The average molecular weight is 520 g/mol. The molecule has 0 amide bonds. The fourth-order valence-electron chi connectivity index (χ4n) is 3.36. The fourth-order valence-corrected chi connectivity index (χ4v) is 5.01. The number of rotatable bonds is 6. The maximum atomic E-state index is 13.2. The zero-order chi connectivity index (χ0) is 25.5. The van der Waals surface area contributed by atoms with E-state index in [0.29, 0.717) is 35.9 Å². The maximum absolute atomic E-state index is 13.2. The molecule has 0 aliphatic carbocycles. The van der Waals surface area contributed by atoms with Gasteiger partial charge in [-0.3, -0.25) is 9.36 Å². The molecular formula is C22H13F3N3O5S2-. The zero-order valence-electron chi connectivity index (χ0n) is 17.7. The van der Waals surface area contributed by atoms with Crippen LogP contribution in [0, 0.1) is 12.3 Å². The summed E-state index contributed by atoms with van der Waals surface area (Å²) in [6.45, 7) is 0. The van der Waals surface area contributed by atoms with Crippen molar-refractivity contribution in [2.75, 3.05) is 0 Å². The van der Waals surface area contributed by atoms with Gasteiger partial charge in [-0.25, -0.2) is 9.36 Å². The molecule has 0 aliphatic heterocycles. The number of nitrogens with zero attached hydrogens (tertiary/aromatic N) is 3. The number of terminal acetylenes is 1. The quantitative estimate of drug-likeness (QED) is 0.362. The number of aromatic nitrogens is 3. The Hall–Kier alpha value is -3.89. The average Bonchev–Trinajstić information content (AvgIpc) is 3.41. The molecule has 3 aromatic heterocycles. The van der Waals surface area contributed by atoms with E-state index in [0.717, 1.165) is 18.6 Å². The summed E-state index contributed by atoms with van der Waals surface area (Å²) in [6, 6.07) is 6.34. The largest absolute Gasteiger partial charge is 0.546 e. The van der Waals surface area contributed by atoms with E-state index in [1.807, 2.05) is 0 Å². The molecular weight excluding hydrogens is 507 g/mol. The number of carboxylic acids is 1. The molecule has 0 spiro atoms. The van der Waals surface area contributed by atoms with E-state index >= 15 is 0 Å². The second kappa shape index (κ2) is 9.05. The number of ether oxygens (including phenoxy) is 1. The van der Waals surface area contributed by atoms with Crippen LogP contribution in [0.25, 0.3) is 26.3 Å². The van der Waals surface area contributed by atoms with Crippen molar-refractivity contribution in [2.45, 2.75) is 18.7 Å². The Morgan fingerprint density at radius 1 is 1.29 bits per heavy atom. The minimum absolute atomic E-state index is 0.0391. The molecule has 3 heterocycles. The van der Waals surface area contributed by atoms with Crippen molar-refractivity contribution in [1.82, 2.24) is 13.5 Å². The van der Waals surface area contributed by atoms with Crippen LogP contribution in [0.1, 0.15) is 12.1 Å². The molecule has 1 unspecified atom stereocenters. The Bertz CT molecular complexity index is 1610. The molecule has 0 fully saturated rings. The number of carboxylic acid groups (broad SMARTS) is 1. The number of thiophene rings is 1. The van der Waals surface area contributed by atoms with Crippen molar-refractivity contribution < 1.29 is 27.8 Å². The van der Waals surface area contributed by atoms with Crippen molar-refractivity contribution in [2.24, 2.45) is 7.05 Å². The van der Waals surface area contributed by atoms with Gasteiger partial charge in [-0.1, -0.05) is 0 Å². The summed E-state index contributed by atoms with van der Waals surface area (Å²) in [6.07, 6.45) is -1.29. The number of aliphatic carboxylic acids is 1. The monoisotopic (exact) mass is 520 g/mol. The van der Waals surface area contributed by atoms with Gasteiger partial charge in [-0.2, -0.15) is 17.5 Å². The Labute approximate surface area is 202 Å². The summed E-state index contributed by atoms with van der Waals surface area (Å²) in [5.74, 6) is 0.920. The van der Waals surface area contributed by atoms with Crippen molar-refractivity contribution in [3.63, 3.8) is 0 Å². The van der Waals surface area contributed by atoms with Gasteiger partial charge >= 0.3 is 11.9 Å². The maximum Gasteiger partial charge on any atom is 0.431 e. The standard InChI is InChI=1S/C22H14F3N3O5S2/c1-3-4-14(20(30)31)33-13-7-8-34-19(13)18-12-9-11(5-6-15(12)35-26-18)28-17(29)10-16(22(23,24)25)27(2)21(28)32/h1,5-10,14H,4H2,2H3,(H,30,31)/p-1. The van der Waals surface area contributed by atoms with E-state index in [-0.39, 0.29) is 17.9 Å². The topological polar surface area (TPSA) is 106 Å². The van der Waals surface area contributed by atoms with Crippen LogP contribution >= 0.6 is 22.9 Å². The van der Waals surface area contributed by atoms with E-state index in [1.54, 1.807) is 11.4 Å². The summed E-state index contributed by atoms with van der Waals surface area (Å²) < 4.78 is 51.1. The van der Waals surface area contributed by atoms with Crippen molar-refractivity contribution in [3.8, 4) is 34.4 Å². The molecule has 0 bridgehead atoms. The van der Waals surface area contributed by atoms with E-state index in [9.17, 15) is 32.7 Å². The number of hydrogen-bond acceptors (Lipinski definition) is 8. The summed E-state index contributed by atoms with van der Waals surface area (Å²) in [5.41, 5.74) is -3.25. The molecule has 4 rings (SSSR count). The first-order chi connectivity index (χ1) is 16.5. The molecule has 180 valence electrons. The smallest absolute Gasteiger partial charge is 0.431 e. The number of benzene rings is 1. The van der Waals surface area contributed by atoms with Crippen molar-refractivity contribution in [3.05, 3.63) is 62.2 Å². The summed E-state index contributed by atoms with van der Waals surface area (Å²) in [5, 5.41) is 13.5. The number of fused-ring (bicyclic) bond motifs is 1. The van der Waals surface area contributed by atoms with Gasteiger partial charge in [0.05, 0.1) is 27.7 Å². The number of alkyl halides is 3. The molecule has 0 radical (unpaired) electrons. The first kappa shape index (κ1) is 24.2. The first-order valence-corrected chi connectivity index (χ1v) is 11.4. The summed E-state index contributed by atoms with van der Waals surface area (Å²) >= 11 is 2.30. The Kier molecular flexibility index (Phi) is 6.27. The normalized spacial score (nSPS) is 12.4. The van der Waals surface area contributed by atoms with E-state index < -0.39 is 35.2 Å². The van der Waals surface area contributed by atoms with Crippen LogP contribution in [0.5, 0.6) is 5.75 Å². The van der Waals surface area contributed by atoms with Crippen LogP contribution in [0.3, 0.4) is 0 Å². The first-order valence-electron chi connectivity index (χ1n) is 9.72. The predicted octanol–water partition coefficient (Wildman–Crippen LogP) is 2.41. The van der Waals surface area contributed by atoms with Crippen LogP contribution < -0.4 is 21.1 Å². The molecule has 0 saturated carbocycles. The predicted molar refractivity (Wildman–Crippen MR) is 122 cm³/mol. The van der Waals surface area contributed by atoms with Crippen molar-refractivity contribution in [1.29, 1.82) is 0 Å². The lowest BCUT2D eigenvalue weighted by molar-refractivity contribution is -0.313. The lowest BCUT2D eigenvalue weighted by atomic mass is 10.1.